The first-order valence-electron chi connectivity index (χ1n) is 6.63. The number of benzene rings is 1. The zero-order valence-corrected chi connectivity index (χ0v) is 13.0. The van der Waals surface area contributed by atoms with Gasteiger partial charge in [-0.25, -0.2) is 4.98 Å². The van der Waals surface area contributed by atoms with E-state index in [1.165, 1.54) is 11.8 Å². The van der Waals surface area contributed by atoms with Crippen LogP contribution in [0.25, 0.3) is 11.0 Å². The molecular weight excluding hydrogens is 294 g/mol. The minimum atomic E-state index is -0.151. The number of carbonyl (C=O) groups excluding carboxylic acids is 1. The van der Waals surface area contributed by atoms with Crippen LogP contribution < -0.4 is 5.32 Å². The van der Waals surface area contributed by atoms with Crippen LogP contribution in [0.5, 0.6) is 0 Å². The van der Waals surface area contributed by atoms with E-state index in [1.54, 1.807) is 0 Å². The van der Waals surface area contributed by atoms with Crippen molar-refractivity contribution >= 4 is 40.3 Å². The average Bonchev–Trinajstić information content (AvgIpc) is 3.16. The molecule has 20 heavy (non-hydrogen) atoms. The predicted molar refractivity (Wildman–Crippen MR) is 82.2 cm³/mol. The van der Waals surface area contributed by atoms with E-state index in [0.29, 0.717) is 11.1 Å². The van der Waals surface area contributed by atoms with Crippen LogP contribution in [0.15, 0.2) is 23.4 Å². The van der Waals surface area contributed by atoms with Gasteiger partial charge in [-0.1, -0.05) is 23.4 Å². The van der Waals surface area contributed by atoms with Crippen LogP contribution in [0.4, 0.5) is 0 Å². The van der Waals surface area contributed by atoms with E-state index in [2.05, 4.69) is 10.3 Å². The van der Waals surface area contributed by atoms with Gasteiger partial charge in [-0.3, -0.25) is 4.79 Å². The number of hydrogen-bond donors (Lipinski definition) is 1. The highest BCUT2D eigenvalue weighted by molar-refractivity contribution is 8.00. The lowest BCUT2D eigenvalue weighted by atomic mass is 10.3. The molecule has 106 valence electrons. The van der Waals surface area contributed by atoms with Gasteiger partial charge in [-0.2, -0.15) is 0 Å². The molecule has 0 aliphatic heterocycles. The van der Waals surface area contributed by atoms with Gasteiger partial charge in [0.2, 0.25) is 5.91 Å². The molecule has 1 aliphatic carbocycles. The fraction of sp³-hybridized carbons (Fsp3) is 0.429. The molecular formula is C14H16ClN3OS. The Bertz CT molecular complexity index is 666. The molecule has 1 amide bonds. The fourth-order valence-corrected chi connectivity index (χ4v) is 3.08. The summed E-state index contributed by atoms with van der Waals surface area (Å²) in [6.07, 6.45) is 2.21. The van der Waals surface area contributed by atoms with Gasteiger partial charge in [-0.05, 0) is 38.0 Å². The summed E-state index contributed by atoms with van der Waals surface area (Å²) in [5.41, 5.74) is 1.88. The van der Waals surface area contributed by atoms with Crippen molar-refractivity contribution in [3.8, 4) is 0 Å². The van der Waals surface area contributed by atoms with Gasteiger partial charge in [-0.15, -0.1) is 0 Å². The molecule has 1 fully saturated rings. The summed E-state index contributed by atoms with van der Waals surface area (Å²) in [5.74, 6) is 0.0857. The Balaban J connectivity index is 1.79. The maximum Gasteiger partial charge on any atom is 0.233 e. The van der Waals surface area contributed by atoms with E-state index >= 15 is 0 Å². The molecule has 1 aliphatic rings. The molecule has 0 unspecified atom stereocenters. The molecule has 1 aromatic heterocycles. The molecule has 1 saturated carbocycles. The first-order valence-corrected chi connectivity index (χ1v) is 7.89. The number of nitrogens with one attached hydrogen (secondary N) is 1. The number of imidazole rings is 1. The van der Waals surface area contributed by atoms with Gasteiger partial charge >= 0.3 is 0 Å². The number of thioether (sulfide) groups is 1. The summed E-state index contributed by atoms with van der Waals surface area (Å²) in [4.78, 5) is 16.5. The molecule has 0 radical (unpaired) electrons. The molecule has 1 atom stereocenters. The van der Waals surface area contributed by atoms with Gasteiger partial charge in [0, 0.05) is 18.1 Å². The molecule has 1 heterocycles. The predicted octanol–water partition coefficient (Wildman–Crippen LogP) is 2.99. The zero-order valence-electron chi connectivity index (χ0n) is 11.4. The minimum Gasteiger partial charge on any atom is -0.352 e. The monoisotopic (exact) mass is 309 g/mol. The number of aromatic nitrogens is 2. The quantitative estimate of drug-likeness (QED) is 0.883. The topological polar surface area (TPSA) is 46.9 Å². The number of aryl methyl sites for hydroxylation is 1. The largest absolute Gasteiger partial charge is 0.352 e. The van der Waals surface area contributed by atoms with E-state index in [0.717, 1.165) is 29.0 Å². The van der Waals surface area contributed by atoms with Gasteiger partial charge in [0.15, 0.2) is 5.16 Å². The third kappa shape index (κ3) is 2.79. The highest BCUT2D eigenvalue weighted by atomic mass is 35.5. The number of hydrogen-bond acceptors (Lipinski definition) is 3. The first-order chi connectivity index (χ1) is 9.54. The van der Waals surface area contributed by atoms with E-state index < -0.39 is 0 Å². The van der Waals surface area contributed by atoms with Gasteiger partial charge in [0.1, 0.15) is 0 Å². The van der Waals surface area contributed by atoms with Crippen molar-refractivity contribution in [1.29, 1.82) is 0 Å². The summed E-state index contributed by atoms with van der Waals surface area (Å²) >= 11 is 7.46. The molecule has 1 N–H and O–H groups in total. The van der Waals surface area contributed by atoms with Crippen LogP contribution in [0.1, 0.15) is 19.8 Å². The molecule has 0 saturated heterocycles. The Labute approximate surface area is 126 Å². The van der Waals surface area contributed by atoms with Crippen molar-refractivity contribution < 1.29 is 4.79 Å². The highest BCUT2D eigenvalue weighted by Gasteiger charge is 2.26. The Hall–Kier alpha value is -1.20. The lowest BCUT2D eigenvalue weighted by Gasteiger charge is -2.10. The second-order valence-electron chi connectivity index (χ2n) is 5.13. The maximum atomic E-state index is 12.0. The second-order valence-corrected chi connectivity index (χ2v) is 6.87. The van der Waals surface area contributed by atoms with E-state index in [9.17, 15) is 4.79 Å². The zero-order chi connectivity index (χ0) is 14.3. The maximum absolute atomic E-state index is 12.0. The second kappa shape index (κ2) is 5.30. The summed E-state index contributed by atoms with van der Waals surface area (Å²) in [6, 6.07) is 6.03. The molecule has 4 nitrogen and oxygen atoms in total. The Morgan fingerprint density at radius 1 is 1.55 bits per heavy atom. The fourth-order valence-electron chi connectivity index (χ4n) is 2.01. The molecule has 3 rings (SSSR count). The number of rotatable bonds is 4. The SMILES string of the molecule is C[C@H](Sc1nc2cc(Cl)ccc2n1C)C(=O)NC1CC1. The van der Waals surface area contributed by atoms with E-state index in [-0.39, 0.29) is 11.2 Å². The van der Waals surface area contributed by atoms with Gasteiger partial charge < -0.3 is 9.88 Å². The van der Waals surface area contributed by atoms with Gasteiger partial charge in [0.25, 0.3) is 0 Å². The Morgan fingerprint density at radius 3 is 3.00 bits per heavy atom. The summed E-state index contributed by atoms with van der Waals surface area (Å²) in [7, 11) is 1.96. The van der Waals surface area contributed by atoms with Crippen LogP contribution in [0.2, 0.25) is 5.02 Å². The number of carbonyl (C=O) groups is 1. The number of fused-ring (bicyclic) bond motifs is 1. The minimum absolute atomic E-state index is 0.0857. The number of nitrogens with zero attached hydrogens (tertiary/aromatic N) is 2. The number of halogens is 1. The van der Waals surface area contributed by atoms with E-state index in [1.807, 2.05) is 36.7 Å². The normalized spacial score (nSPS) is 16.4. The molecule has 2 aromatic rings. The molecule has 6 heteroatoms. The Morgan fingerprint density at radius 2 is 2.30 bits per heavy atom. The Kier molecular flexibility index (Phi) is 3.65. The van der Waals surface area contributed by atoms with Crippen LogP contribution >= 0.6 is 23.4 Å². The van der Waals surface area contributed by atoms with Crippen molar-refractivity contribution in [3.63, 3.8) is 0 Å². The van der Waals surface area contributed by atoms with Crippen molar-refractivity contribution in [2.24, 2.45) is 7.05 Å². The van der Waals surface area contributed by atoms with E-state index in [4.69, 9.17) is 11.6 Å². The molecule has 1 aromatic carbocycles. The van der Waals surface area contributed by atoms with Crippen molar-refractivity contribution in [3.05, 3.63) is 23.2 Å². The first kappa shape index (κ1) is 13.8. The molecule has 0 spiro atoms. The number of amides is 1. The summed E-state index contributed by atoms with van der Waals surface area (Å²) < 4.78 is 2.00. The average molecular weight is 310 g/mol. The third-order valence-electron chi connectivity index (χ3n) is 3.38. The van der Waals surface area contributed by atoms with Gasteiger partial charge in [0.05, 0.1) is 16.3 Å². The van der Waals surface area contributed by atoms with Crippen LogP contribution in [-0.4, -0.2) is 26.8 Å². The van der Waals surface area contributed by atoms with Crippen molar-refractivity contribution in [2.45, 2.75) is 36.2 Å². The summed E-state index contributed by atoms with van der Waals surface area (Å²) in [5, 5.41) is 4.37. The molecule has 0 bridgehead atoms. The smallest absolute Gasteiger partial charge is 0.233 e. The van der Waals surface area contributed by atoms with Crippen molar-refractivity contribution in [2.75, 3.05) is 0 Å². The van der Waals surface area contributed by atoms with Crippen molar-refractivity contribution in [1.82, 2.24) is 14.9 Å². The lowest BCUT2D eigenvalue weighted by molar-refractivity contribution is -0.120. The highest BCUT2D eigenvalue weighted by Crippen LogP contribution is 2.28. The van der Waals surface area contributed by atoms with Crippen LogP contribution in [-0.2, 0) is 11.8 Å². The standard InChI is InChI=1S/C14H16ClN3OS/c1-8(13(19)16-10-4-5-10)20-14-17-11-7-9(15)3-6-12(11)18(14)2/h3,6-8,10H,4-5H2,1-2H3,(H,16,19)/t8-/m0/s1. The third-order valence-corrected chi connectivity index (χ3v) is 4.76. The summed E-state index contributed by atoms with van der Waals surface area (Å²) in [6.45, 7) is 1.91. The van der Waals surface area contributed by atoms with Crippen LogP contribution in [0.3, 0.4) is 0 Å². The van der Waals surface area contributed by atoms with Crippen LogP contribution in [0, 0.1) is 0 Å². The lowest BCUT2D eigenvalue weighted by Crippen LogP contribution is -2.32.